The fourth-order valence-electron chi connectivity index (χ4n) is 0.472. The van der Waals surface area contributed by atoms with Crippen molar-refractivity contribution >= 4 is 6.08 Å². The van der Waals surface area contributed by atoms with Gasteiger partial charge in [-0.05, 0) is 6.08 Å². The van der Waals surface area contributed by atoms with Crippen LogP contribution in [0, 0.1) is 5.82 Å². The summed E-state index contributed by atoms with van der Waals surface area (Å²) < 4.78 is 12.4. The average Bonchev–Trinajstić information content (AvgIpc) is 1.89. The summed E-state index contributed by atoms with van der Waals surface area (Å²) in [5.41, 5.74) is 0.241. The van der Waals surface area contributed by atoms with E-state index in [-0.39, 0.29) is 5.69 Å². The average molecular weight is 124 g/mol. The van der Waals surface area contributed by atoms with E-state index in [0.29, 0.717) is 0 Å². The van der Waals surface area contributed by atoms with Crippen molar-refractivity contribution in [3.63, 3.8) is 0 Å². The van der Waals surface area contributed by atoms with Crippen molar-refractivity contribution < 1.29 is 4.39 Å². The number of aromatic nitrogens is 2. The van der Waals surface area contributed by atoms with Crippen LogP contribution in [0.15, 0.2) is 19.1 Å². The number of halogens is 1. The zero-order chi connectivity index (χ0) is 6.69. The SMILES string of the molecule is C=Cc1ncncc1F. The highest BCUT2D eigenvalue weighted by Crippen LogP contribution is 1.99. The molecule has 1 aromatic heterocycles. The topological polar surface area (TPSA) is 25.8 Å². The molecule has 0 spiro atoms. The zero-order valence-electron chi connectivity index (χ0n) is 4.71. The van der Waals surface area contributed by atoms with Gasteiger partial charge in [-0.2, -0.15) is 0 Å². The molecule has 0 atom stereocenters. The lowest BCUT2D eigenvalue weighted by atomic mass is 10.4. The third-order valence-corrected chi connectivity index (χ3v) is 0.889. The summed E-state index contributed by atoms with van der Waals surface area (Å²) >= 11 is 0. The Kier molecular flexibility index (Phi) is 1.53. The largest absolute Gasteiger partial charge is 0.242 e. The Labute approximate surface area is 52.1 Å². The predicted molar refractivity (Wildman–Crippen MR) is 32.1 cm³/mol. The number of nitrogens with zero attached hydrogens (tertiary/aromatic N) is 2. The number of rotatable bonds is 1. The van der Waals surface area contributed by atoms with Crippen LogP contribution in [-0.2, 0) is 0 Å². The van der Waals surface area contributed by atoms with Gasteiger partial charge in [0.2, 0.25) is 0 Å². The minimum absolute atomic E-state index is 0.241. The van der Waals surface area contributed by atoms with Crippen molar-refractivity contribution in [1.29, 1.82) is 0 Å². The van der Waals surface area contributed by atoms with Crippen LogP contribution < -0.4 is 0 Å². The van der Waals surface area contributed by atoms with E-state index in [0.717, 1.165) is 6.20 Å². The van der Waals surface area contributed by atoms with Crippen LogP contribution in [-0.4, -0.2) is 9.97 Å². The number of hydrogen-bond donors (Lipinski definition) is 0. The molecule has 46 valence electrons. The molecule has 0 aliphatic carbocycles. The van der Waals surface area contributed by atoms with Crippen molar-refractivity contribution in [3.05, 3.63) is 30.6 Å². The maximum atomic E-state index is 12.4. The second kappa shape index (κ2) is 2.35. The fraction of sp³-hybridized carbons (Fsp3) is 0. The van der Waals surface area contributed by atoms with Gasteiger partial charge in [-0.15, -0.1) is 0 Å². The van der Waals surface area contributed by atoms with Gasteiger partial charge in [-0.3, -0.25) is 0 Å². The first-order valence-corrected chi connectivity index (χ1v) is 2.42. The van der Waals surface area contributed by atoms with E-state index in [1.54, 1.807) is 0 Å². The van der Waals surface area contributed by atoms with Gasteiger partial charge in [0.1, 0.15) is 12.0 Å². The van der Waals surface area contributed by atoms with Crippen LogP contribution in [0.3, 0.4) is 0 Å². The van der Waals surface area contributed by atoms with Gasteiger partial charge in [0.25, 0.3) is 0 Å². The molecule has 0 radical (unpaired) electrons. The summed E-state index contributed by atoms with van der Waals surface area (Å²) in [5.74, 6) is -0.437. The lowest BCUT2D eigenvalue weighted by Gasteiger charge is -1.89. The summed E-state index contributed by atoms with van der Waals surface area (Å²) in [4.78, 5) is 7.05. The Hall–Kier alpha value is -1.25. The molecule has 1 aromatic rings. The van der Waals surface area contributed by atoms with E-state index in [9.17, 15) is 4.39 Å². The Morgan fingerprint density at radius 1 is 1.67 bits per heavy atom. The molecule has 0 amide bonds. The zero-order valence-corrected chi connectivity index (χ0v) is 4.71. The maximum Gasteiger partial charge on any atom is 0.167 e. The van der Waals surface area contributed by atoms with Crippen molar-refractivity contribution in [3.8, 4) is 0 Å². The summed E-state index contributed by atoms with van der Waals surface area (Å²) in [6.07, 6.45) is 3.72. The van der Waals surface area contributed by atoms with E-state index >= 15 is 0 Å². The molecule has 3 heteroatoms. The summed E-state index contributed by atoms with van der Waals surface area (Å²) in [6, 6.07) is 0. The normalized spacial score (nSPS) is 9.00. The molecule has 0 unspecified atom stereocenters. The lowest BCUT2D eigenvalue weighted by Crippen LogP contribution is -1.86. The lowest BCUT2D eigenvalue weighted by molar-refractivity contribution is 0.610. The van der Waals surface area contributed by atoms with Crippen LogP contribution in [0.2, 0.25) is 0 Å². The van der Waals surface area contributed by atoms with Crippen LogP contribution in [0.25, 0.3) is 6.08 Å². The molecule has 2 nitrogen and oxygen atoms in total. The Morgan fingerprint density at radius 3 is 2.89 bits per heavy atom. The third kappa shape index (κ3) is 1.10. The van der Waals surface area contributed by atoms with Crippen molar-refractivity contribution in [2.75, 3.05) is 0 Å². The highest BCUT2D eigenvalue weighted by Gasteiger charge is 1.94. The first kappa shape index (κ1) is 5.88. The van der Waals surface area contributed by atoms with Gasteiger partial charge in [-0.25, -0.2) is 14.4 Å². The van der Waals surface area contributed by atoms with Crippen molar-refractivity contribution in [2.24, 2.45) is 0 Å². The highest BCUT2D eigenvalue weighted by molar-refractivity contribution is 5.40. The summed E-state index contributed by atoms with van der Waals surface area (Å²) in [5, 5.41) is 0. The molecular weight excluding hydrogens is 119 g/mol. The number of hydrogen-bond acceptors (Lipinski definition) is 2. The molecule has 0 aliphatic rings. The van der Waals surface area contributed by atoms with Crippen molar-refractivity contribution in [2.45, 2.75) is 0 Å². The van der Waals surface area contributed by atoms with E-state index in [2.05, 4.69) is 16.5 Å². The quantitative estimate of drug-likeness (QED) is 0.563. The van der Waals surface area contributed by atoms with Crippen LogP contribution in [0.4, 0.5) is 4.39 Å². The van der Waals surface area contributed by atoms with Gasteiger partial charge >= 0.3 is 0 Å². The molecule has 0 N–H and O–H groups in total. The smallest absolute Gasteiger partial charge is 0.167 e. The summed E-state index contributed by atoms with van der Waals surface area (Å²) in [6.45, 7) is 3.36. The first-order chi connectivity index (χ1) is 4.34. The Balaban J connectivity index is 3.15. The third-order valence-electron chi connectivity index (χ3n) is 0.889. The summed E-state index contributed by atoms with van der Waals surface area (Å²) in [7, 11) is 0. The molecule has 0 bridgehead atoms. The molecule has 1 rings (SSSR count). The van der Waals surface area contributed by atoms with Crippen molar-refractivity contribution in [1.82, 2.24) is 9.97 Å². The minimum atomic E-state index is -0.437. The molecule has 1 heterocycles. The predicted octanol–water partition coefficient (Wildman–Crippen LogP) is 1.26. The van der Waals surface area contributed by atoms with Crippen LogP contribution in [0.1, 0.15) is 5.69 Å². The molecule has 0 fully saturated rings. The molecule has 0 saturated heterocycles. The second-order valence-electron chi connectivity index (χ2n) is 1.46. The van der Waals surface area contributed by atoms with Crippen LogP contribution >= 0.6 is 0 Å². The Bertz CT molecular complexity index is 222. The minimum Gasteiger partial charge on any atom is -0.242 e. The molecule has 0 aliphatic heterocycles. The second-order valence-corrected chi connectivity index (χ2v) is 1.46. The van der Waals surface area contributed by atoms with Crippen LogP contribution in [0.5, 0.6) is 0 Å². The fourth-order valence-corrected chi connectivity index (χ4v) is 0.472. The molecule has 9 heavy (non-hydrogen) atoms. The molecule has 0 saturated carbocycles. The van der Waals surface area contributed by atoms with Gasteiger partial charge < -0.3 is 0 Å². The van der Waals surface area contributed by atoms with E-state index in [1.807, 2.05) is 0 Å². The first-order valence-electron chi connectivity index (χ1n) is 2.42. The highest BCUT2D eigenvalue weighted by atomic mass is 19.1. The van der Waals surface area contributed by atoms with Gasteiger partial charge in [-0.1, -0.05) is 6.58 Å². The van der Waals surface area contributed by atoms with Gasteiger partial charge in [0, 0.05) is 0 Å². The van der Waals surface area contributed by atoms with E-state index in [1.165, 1.54) is 12.4 Å². The monoisotopic (exact) mass is 124 g/mol. The maximum absolute atomic E-state index is 12.4. The standard InChI is InChI=1S/C6H5FN2/c1-2-6-5(7)3-8-4-9-6/h2-4H,1H2. The molecule has 0 aromatic carbocycles. The Morgan fingerprint density at radius 2 is 2.44 bits per heavy atom. The van der Waals surface area contributed by atoms with Gasteiger partial charge in [0.05, 0.1) is 6.20 Å². The van der Waals surface area contributed by atoms with E-state index < -0.39 is 5.82 Å². The van der Waals surface area contributed by atoms with E-state index in [4.69, 9.17) is 0 Å². The van der Waals surface area contributed by atoms with Gasteiger partial charge in [0.15, 0.2) is 5.82 Å². The molecular formula is C6H5FN2.